The predicted octanol–water partition coefficient (Wildman–Crippen LogP) is 1.99. The van der Waals surface area contributed by atoms with E-state index in [4.69, 9.17) is 15.4 Å². The van der Waals surface area contributed by atoms with E-state index in [0.29, 0.717) is 17.1 Å². The van der Waals surface area contributed by atoms with Crippen LogP contribution >= 0.6 is 12.2 Å². The molecule has 1 heterocycles. The molecule has 0 fully saturated rings. The van der Waals surface area contributed by atoms with Crippen molar-refractivity contribution >= 4 is 23.5 Å². The number of furan rings is 1. The van der Waals surface area contributed by atoms with E-state index in [1.807, 2.05) is 6.07 Å². The third-order valence-electron chi connectivity index (χ3n) is 2.27. The Morgan fingerprint density at radius 1 is 1.42 bits per heavy atom. The van der Waals surface area contributed by atoms with E-state index in [0.717, 1.165) is 5.56 Å². The van der Waals surface area contributed by atoms with Crippen LogP contribution in [0.2, 0.25) is 0 Å². The summed E-state index contributed by atoms with van der Waals surface area (Å²) in [7, 11) is 0. The second-order valence-electron chi connectivity index (χ2n) is 3.63. The van der Waals surface area contributed by atoms with Crippen molar-refractivity contribution < 1.29 is 4.42 Å². The van der Waals surface area contributed by atoms with E-state index < -0.39 is 0 Å². The Hall–Kier alpha value is -2.65. The topological polar surface area (TPSA) is 87.3 Å². The highest BCUT2D eigenvalue weighted by Gasteiger charge is 2.04. The average molecular weight is 270 g/mol. The summed E-state index contributed by atoms with van der Waals surface area (Å²) in [6, 6.07) is 12.8. The molecule has 2 aromatic rings. The van der Waals surface area contributed by atoms with Crippen LogP contribution in [0.5, 0.6) is 0 Å². The predicted molar refractivity (Wildman–Crippen MR) is 76.4 cm³/mol. The first-order chi connectivity index (χ1) is 9.19. The minimum absolute atomic E-state index is 0.0877. The first-order valence-electron chi connectivity index (χ1n) is 5.38. The average Bonchev–Trinajstić information content (AvgIpc) is 2.87. The van der Waals surface area contributed by atoms with E-state index in [1.165, 1.54) is 6.21 Å². The minimum atomic E-state index is 0.0877. The van der Waals surface area contributed by atoms with E-state index in [-0.39, 0.29) is 5.11 Å². The summed E-state index contributed by atoms with van der Waals surface area (Å²) in [6.45, 7) is 0. The van der Waals surface area contributed by atoms with Gasteiger partial charge in [0.05, 0.1) is 17.8 Å². The van der Waals surface area contributed by atoms with E-state index >= 15 is 0 Å². The van der Waals surface area contributed by atoms with Gasteiger partial charge in [-0.2, -0.15) is 10.4 Å². The van der Waals surface area contributed by atoms with Gasteiger partial charge in [0.1, 0.15) is 11.5 Å². The SMILES string of the molecule is N#Cc1cccc(-c2ccc(C=NNC(N)=S)o2)c1. The zero-order valence-electron chi connectivity index (χ0n) is 9.83. The second-order valence-corrected chi connectivity index (χ2v) is 4.07. The second kappa shape index (κ2) is 5.80. The van der Waals surface area contributed by atoms with Crippen molar-refractivity contribution in [2.75, 3.05) is 0 Å². The fourth-order valence-electron chi connectivity index (χ4n) is 1.48. The molecule has 0 unspecified atom stereocenters. The Morgan fingerprint density at radius 2 is 2.26 bits per heavy atom. The molecule has 1 aromatic carbocycles. The summed E-state index contributed by atoms with van der Waals surface area (Å²) in [4.78, 5) is 0. The van der Waals surface area contributed by atoms with Crippen molar-refractivity contribution in [3.63, 3.8) is 0 Å². The lowest BCUT2D eigenvalue weighted by atomic mass is 10.1. The monoisotopic (exact) mass is 270 g/mol. The van der Waals surface area contributed by atoms with Gasteiger partial charge in [0, 0.05) is 5.56 Å². The lowest BCUT2D eigenvalue weighted by molar-refractivity contribution is 0.574. The molecule has 1 aromatic heterocycles. The Kier molecular flexibility index (Phi) is 3.90. The molecule has 0 aliphatic carbocycles. The maximum atomic E-state index is 8.85. The number of nitriles is 1. The number of hydrazone groups is 1. The number of rotatable bonds is 3. The fraction of sp³-hybridized carbons (Fsp3) is 0. The smallest absolute Gasteiger partial charge is 0.184 e. The normalized spacial score (nSPS) is 10.3. The van der Waals surface area contributed by atoms with Gasteiger partial charge >= 0.3 is 0 Å². The summed E-state index contributed by atoms with van der Waals surface area (Å²) >= 11 is 4.61. The van der Waals surface area contributed by atoms with E-state index in [2.05, 4.69) is 28.8 Å². The Morgan fingerprint density at radius 3 is 3.00 bits per heavy atom. The third kappa shape index (κ3) is 3.40. The van der Waals surface area contributed by atoms with Gasteiger partial charge < -0.3 is 10.2 Å². The van der Waals surface area contributed by atoms with Crippen LogP contribution in [0, 0.1) is 11.3 Å². The van der Waals surface area contributed by atoms with Crippen molar-refractivity contribution in [3.05, 3.63) is 47.7 Å². The Bertz CT molecular complexity index is 669. The van der Waals surface area contributed by atoms with Crippen LogP contribution in [-0.4, -0.2) is 11.3 Å². The zero-order chi connectivity index (χ0) is 13.7. The standard InChI is InChI=1S/C13H10N4OS/c14-7-9-2-1-3-10(6-9)12-5-4-11(18-12)8-16-17-13(15)19/h1-6,8H,(H3,15,17,19). The molecular weight excluding hydrogens is 260 g/mol. The van der Waals surface area contributed by atoms with Gasteiger partial charge in [-0.05, 0) is 36.5 Å². The van der Waals surface area contributed by atoms with E-state index in [1.54, 1.807) is 30.3 Å². The number of nitrogens with two attached hydrogens (primary N) is 1. The Balaban J connectivity index is 2.19. The maximum Gasteiger partial charge on any atom is 0.184 e. The Labute approximate surface area is 115 Å². The molecular formula is C13H10N4OS. The lowest BCUT2D eigenvalue weighted by Gasteiger charge is -1.96. The first kappa shape index (κ1) is 12.8. The zero-order valence-corrected chi connectivity index (χ0v) is 10.6. The van der Waals surface area contributed by atoms with Crippen molar-refractivity contribution in [3.8, 4) is 17.4 Å². The molecule has 0 atom stereocenters. The summed E-state index contributed by atoms with van der Waals surface area (Å²) < 4.78 is 5.57. The third-order valence-corrected chi connectivity index (χ3v) is 2.36. The number of thiocarbonyl (C=S) groups is 1. The van der Waals surface area contributed by atoms with Crippen molar-refractivity contribution in [1.82, 2.24) is 5.43 Å². The van der Waals surface area contributed by atoms with Crippen LogP contribution < -0.4 is 11.2 Å². The van der Waals surface area contributed by atoms with Gasteiger partial charge in [-0.15, -0.1) is 0 Å². The van der Waals surface area contributed by atoms with Crippen molar-refractivity contribution in [2.45, 2.75) is 0 Å². The van der Waals surface area contributed by atoms with Gasteiger partial charge in [0.15, 0.2) is 5.11 Å². The molecule has 0 aliphatic heterocycles. The highest BCUT2D eigenvalue weighted by atomic mass is 32.1. The van der Waals surface area contributed by atoms with E-state index in [9.17, 15) is 0 Å². The fourth-order valence-corrected chi connectivity index (χ4v) is 1.53. The highest BCUT2D eigenvalue weighted by molar-refractivity contribution is 7.80. The quantitative estimate of drug-likeness (QED) is 0.506. The molecule has 3 N–H and O–H groups in total. The molecule has 0 radical (unpaired) electrons. The number of hydrogen-bond acceptors (Lipinski definition) is 4. The number of nitrogens with zero attached hydrogens (tertiary/aromatic N) is 2. The van der Waals surface area contributed by atoms with Crippen LogP contribution in [0.15, 0.2) is 45.9 Å². The van der Waals surface area contributed by atoms with Crippen LogP contribution in [0.4, 0.5) is 0 Å². The van der Waals surface area contributed by atoms with Crippen molar-refractivity contribution in [2.24, 2.45) is 10.8 Å². The summed E-state index contributed by atoms with van der Waals surface area (Å²) in [5.41, 5.74) is 9.08. The molecule has 94 valence electrons. The number of benzene rings is 1. The van der Waals surface area contributed by atoms with Crippen molar-refractivity contribution in [1.29, 1.82) is 5.26 Å². The molecule has 0 amide bonds. The molecule has 6 heteroatoms. The highest BCUT2D eigenvalue weighted by Crippen LogP contribution is 2.22. The molecule has 0 spiro atoms. The molecule has 5 nitrogen and oxygen atoms in total. The molecule has 0 saturated heterocycles. The van der Waals surface area contributed by atoms with Gasteiger partial charge in [-0.1, -0.05) is 12.1 Å². The van der Waals surface area contributed by atoms with Crippen LogP contribution in [0.1, 0.15) is 11.3 Å². The van der Waals surface area contributed by atoms with Crippen LogP contribution in [0.25, 0.3) is 11.3 Å². The van der Waals surface area contributed by atoms with Gasteiger partial charge in [0.2, 0.25) is 0 Å². The number of hydrogen-bond donors (Lipinski definition) is 2. The lowest BCUT2D eigenvalue weighted by Crippen LogP contribution is -2.23. The summed E-state index contributed by atoms with van der Waals surface area (Å²) in [5.74, 6) is 1.22. The minimum Gasteiger partial charge on any atom is -0.455 e. The molecule has 0 aliphatic rings. The van der Waals surface area contributed by atoms with Gasteiger partial charge in [-0.3, -0.25) is 5.43 Å². The maximum absolute atomic E-state index is 8.85. The van der Waals surface area contributed by atoms with Gasteiger partial charge in [0.25, 0.3) is 0 Å². The molecule has 19 heavy (non-hydrogen) atoms. The first-order valence-corrected chi connectivity index (χ1v) is 5.79. The molecule has 2 rings (SSSR count). The molecule has 0 saturated carbocycles. The number of nitrogens with one attached hydrogen (secondary N) is 1. The summed E-state index contributed by atoms with van der Waals surface area (Å²) in [5, 5.41) is 12.7. The summed E-state index contributed by atoms with van der Waals surface area (Å²) in [6.07, 6.45) is 1.47. The van der Waals surface area contributed by atoms with Crippen LogP contribution in [0.3, 0.4) is 0 Å². The largest absolute Gasteiger partial charge is 0.455 e. The molecule has 0 bridgehead atoms. The van der Waals surface area contributed by atoms with Crippen LogP contribution in [-0.2, 0) is 0 Å². The van der Waals surface area contributed by atoms with Gasteiger partial charge in [-0.25, -0.2) is 0 Å².